The lowest BCUT2D eigenvalue weighted by atomic mass is 10.1. The van der Waals surface area contributed by atoms with E-state index in [9.17, 15) is 0 Å². The standard InChI is InChI=1S/C16H23N5S/c22-13-21-15-3-1-14(2-4-15)11-16-12-19-8-7-17-5-6-18-9-10-20-16/h1-4,17-19H,5-12H2. The van der Waals surface area contributed by atoms with Gasteiger partial charge >= 0.3 is 0 Å². The predicted molar refractivity (Wildman–Crippen MR) is 95.7 cm³/mol. The molecule has 0 radical (unpaired) electrons. The van der Waals surface area contributed by atoms with E-state index in [4.69, 9.17) is 4.99 Å². The van der Waals surface area contributed by atoms with Crippen molar-refractivity contribution < 1.29 is 0 Å². The Balaban J connectivity index is 1.95. The lowest BCUT2D eigenvalue weighted by Crippen LogP contribution is -2.36. The average molecular weight is 317 g/mol. The van der Waals surface area contributed by atoms with Crippen LogP contribution in [0.25, 0.3) is 0 Å². The van der Waals surface area contributed by atoms with Gasteiger partial charge in [0.2, 0.25) is 0 Å². The maximum absolute atomic E-state index is 4.73. The molecular formula is C16H23N5S. The number of hydrogen-bond donors (Lipinski definition) is 3. The fourth-order valence-corrected chi connectivity index (χ4v) is 2.39. The van der Waals surface area contributed by atoms with Gasteiger partial charge < -0.3 is 16.0 Å². The van der Waals surface area contributed by atoms with Crippen LogP contribution in [-0.2, 0) is 6.42 Å². The molecular weight excluding hydrogens is 294 g/mol. The summed E-state index contributed by atoms with van der Waals surface area (Å²) in [6.07, 6.45) is 0.863. The molecule has 3 N–H and O–H groups in total. The van der Waals surface area contributed by atoms with Crippen LogP contribution in [0.15, 0.2) is 34.3 Å². The van der Waals surface area contributed by atoms with E-state index in [0.717, 1.165) is 57.9 Å². The van der Waals surface area contributed by atoms with Gasteiger partial charge in [0.1, 0.15) is 0 Å². The van der Waals surface area contributed by atoms with E-state index in [1.54, 1.807) is 0 Å². The first-order chi connectivity index (χ1) is 10.9. The summed E-state index contributed by atoms with van der Waals surface area (Å²) in [6, 6.07) is 8.07. The van der Waals surface area contributed by atoms with E-state index in [1.807, 2.05) is 12.1 Å². The minimum Gasteiger partial charge on any atom is -0.314 e. The zero-order valence-corrected chi connectivity index (χ0v) is 13.6. The Morgan fingerprint density at radius 3 is 2.41 bits per heavy atom. The maximum atomic E-state index is 4.73. The lowest BCUT2D eigenvalue weighted by Gasteiger charge is -2.12. The molecule has 0 atom stereocenters. The smallest absolute Gasteiger partial charge is 0.0739 e. The van der Waals surface area contributed by atoms with Gasteiger partial charge in [-0.05, 0) is 29.9 Å². The third-order valence-electron chi connectivity index (χ3n) is 3.43. The summed E-state index contributed by atoms with van der Waals surface area (Å²) in [7, 11) is 0. The Kier molecular flexibility index (Phi) is 7.94. The molecule has 1 aliphatic heterocycles. The fourth-order valence-electron chi connectivity index (χ4n) is 2.28. The molecule has 0 unspecified atom stereocenters. The van der Waals surface area contributed by atoms with Crippen molar-refractivity contribution in [3.63, 3.8) is 0 Å². The molecule has 5 nitrogen and oxygen atoms in total. The molecule has 2 rings (SSSR count). The first-order valence-corrected chi connectivity index (χ1v) is 8.10. The number of rotatable bonds is 3. The highest BCUT2D eigenvalue weighted by Gasteiger charge is 2.03. The molecule has 1 heterocycles. The minimum atomic E-state index is 0.824. The number of isothiocyanates is 1. The van der Waals surface area contributed by atoms with Crippen LogP contribution in [-0.4, -0.2) is 56.7 Å². The summed E-state index contributed by atoms with van der Waals surface area (Å²) in [5.74, 6) is 0. The van der Waals surface area contributed by atoms with Gasteiger partial charge in [-0.3, -0.25) is 4.99 Å². The number of thiocarbonyl (C=S) groups is 1. The molecule has 1 aromatic rings. The van der Waals surface area contributed by atoms with Gasteiger partial charge in [0, 0.05) is 51.4 Å². The molecule has 0 aliphatic carbocycles. The van der Waals surface area contributed by atoms with Crippen LogP contribution in [0.3, 0.4) is 0 Å². The van der Waals surface area contributed by atoms with Gasteiger partial charge in [-0.15, -0.1) is 0 Å². The predicted octanol–water partition coefficient (Wildman–Crippen LogP) is 1.19. The van der Waals surface area contributed by atoms with E-state index >= 15 is 0 Å². The summed E-state index contributed by atoms with van der Waals surface area (Å²) >= 11 is 4.62. The molecule has 0 amide bonds. The van der Waals surface area contributed by atoms with Crippen molar-refractivity contribution in [3.8, 4) is 0 Å². The summed E-state index contributed by atoms with van der Waals surface area (Å²) < 4.78 is 0. The second-order valence-corrected chi connectivity index (χ2v) is 5.35. The van der Waals surface area contributed by atoms with Gasteiger partial charge in [0.25, 0.3) is 0 Å². The largest absolute Gasteiger partial charge is 0.314 e. The monoisotopic (exact) mass is 317 g/mol. The lowest BCUT2D eigenvalue weighted by molar-refractivity contribution is 0.592. The van der Waals surface area contributed by atoms with Gasteiger partial charge in [-0.1, -0.05) is 12.1 Å². The van der Waals surface area contributed by atoms with Crippen LogP contribution in [0.4, 0.5) is 5.69 Å². The number of nitrogens with one attached hydrogen (secondary N) is 3. The van der Waals surface area contributed by atoms with Crippen molar-refractivity contribution in [2.75, 3.05) is 45.8 Å². The van der Waals surface area contributed by atoms with Crippen molar-refractivity contribution in [3.05, 3.63) is 29.8 Å². The van der Waals surface area contributed by atoms with Crippen LogP contribution >= 0.6 is 12.2 Å². The van der Waals surface area contributed by atoms with Crippen molar-refractivity contribution in [2.45, 2.75) is 6.42 Å². The molecule has 0 fully saturated rings. The molecule has 0 bridgehead atoms. The second-order valence-electron chi connectivity index (χ2n) is 5.17. The molecule has 1 aromatic carbocycles. The summed E-state index contributed by atoms with van der Waals surface area (Å²) in [5, 5.41) is 12.6. The van der Waals surface area contributed by atoms with Gasteiger partial charge in [0.15, 0.2) is 0 Å². The zero-order chi connectivity index (χ0) is 15.5. The Bertz CT molecular complexity index is 520. The zero-order valence-electron chi connectivity index (χ0n) is 12.8. The summed E-state index contributed by atoms with van der Waals surface area (Å²) in [5.41, 5.74) is 3.27. The van der Waals surface area contributed by atoms with Crippen molar-refractivity contribution >= 4 is 28.8 Å². The molecule has 0 saturated carbocycles. The van der Waals surface area contributed by atoms with E-state index in [0.29, 0.717) is 0 Å². The topological polar surface area (TPSA) is 60.8 Å². The van der Waals surface area contributed by atoms with E-state index in [2.05, 4.69) is 50.5 Å². The third kappa shape index (κ3) is 6.56. The Morgan fingerprint density at radius 2 is 1.68 bits per heavy atom. The van der Waals surface area contributed by atoms with Crippen molar-refractivity contribution in [1.29, 1.82) is 0 Å². The first kappa shape index (κ1) is 16.9. The quantitative estimate of drug-likeness (QED) is 0.579. The summed E-state index contributed by atoms with van der Waals surface area (Å²) in [6.45, 7) is 6.53. The molecule has 1 aliphatic rings. The van der Waals surface area contributed by atoms with E-state index < -0.39 is 0 Å². The van der Waals surface area contributed by atoms with Crippen LogP contribution in [0, 0.1) is 0 Å². The van der Waals surface area contributed by atoms with E-state index in [1.165, 1.54) is 11.3 Å². The third-order valence-corrected chi connectivity index (χ3v) is 3.52. The van der Waals surface area contributed by atoms with Gasteiger partial charge in [-0.2, -0.15) is 4.99 Å². The Labute approximate surface area is 137 Å². The minimum absolute atomic E-state index is 0.824. The molecule has 0 saturated heterocycles. The number of aliphatic imine (C=N–C) groups is 2. The fraction of sp³-hybridized carbons (Fsp3) is 0.500. The maximum Gasteiger partial charge on any atom is 0.0739 e. The summed E-state index contributed by atoms with van der Waals surface area (Å²) in [4.78, 5) is 8.70. The van der Waals surface area contributed by atoms with Crippen LogP contribution in [0.2, 0.25) is 0 Å². The van der Waals surface area contributed by atoms with Crippen LogP contribution in [0.5, 0.6) is 0 Å². The van der Waals surface area contributed by atoms with Crippen LogP contribution < -0.4 is 16.0 Å². The first-order valence-electron chi connectivity index (χ1n) is 7.69. The number of nitrogens with zero attached hydrogens (tertiary/aromatic N) is 2. The molecule has 22 heavy (non-hydrogen) atoms. The normalized spacial score (nSPS) is 17.5. The van der Waals surface area contributed by atoms with Crippen LogP contribution in [0.1, 0.15) is 5.56 Å². The highest BCUT2D eigenvalue weighted by Crippen LogP contribution is 2.13. The van der Waals surface area contributed by atoms with Crippen molar-refractivity contribution in [2.24, 2.45) is 9.98 Å². The highest BCUT2D eigenvalue weighted by atomic mass is 32.1. The second kappa shape index (κ2) is 10.3. The number of benzene rings is 1. The highest BCUT2D eigenvalue weighted by molar-refractivity contribution is 7.78. The van der Waals surface area contributed by atoms with Crippen molar-refractivity contribution in [1.82, 2.24) is 16.0 Å². The van der Waals surface area contributed by atoms with Gasteiger partial charge in [-0.25, -0.2) is 0 Å². The molecule has 0 spiro atoms. The number of hydrogen-bond acceptors (Lipinski definition) is 6. The molecule has 118 valence electrons. The SMILES string of the molecule is S=C=Nc1ccc(CC2=NCCNCCNCCNC2)cc1. The Hall–Kier alpha value is -1.43. The Morgan fingerprint density at radius 1 is 1.00 bits per heavy atom. The average Bonchev–Trinajstić information content (AvgIpc) is 2.52. The molecule has 0 aromatic heterocycles. The van der Waals surface area contributed by atoms with Gasteiger partial charge in [0.05, 0.1) is 17.4 Å². The molecule has 6 heteroatoms. The van der Waals surface area contributed by atoms with E-state index in [-0.39, 0.29) is 0 Å².